The second-order valence-electron chi connectivity index (χ2n) is 7.17. The van der Waals surface area contributed by atoms with Crippen molar-refractivity contribution in [2.45, 2.75) is 19.8 Å². The maximum absolute atomic E-state index is 12.7. The van der Waals surface area contributed by atoms with Crippen LogP contribution < -0.4 is 5.32 Å². The number of carbonyl (C=O) groups is 3. The van der Waals surface area contributed by atoms with Crippen molar-refractivity contribution in [3.05, 3.63) is 82.3 Å². The summed E-state index contributed by atoms with van der Waals surface area (Å²) in [4.78, 5) is 38.0. The van der Waals surface area contributed by atoms with Gasteiger partial charge in [-0.1, -0.05) is 66.5 Å². The molecule has 8 heteroatoms. The van der Waals surface area contributed by atoms with Gasteiger partial charge >= 0.3 is 5.97 Å². The summed E-state index contributed by atoms with van der Waals surface area (Å²) in [7, 11) is 0. The molecule has 1 saturated heterocycles. The van der Waals surface area contributed by atoms with Crippen LogP contribution in [0.5, 0.6) is 0 Å². The van der Waals surface area contributed by atoms with E-state index in [1.165, 1.54) is 28.8 Å². The first-order valence-electron chi connectivity index (χ1n) is 9.95. The number of benzene rings is 2. The van der Waals surface area contributed by atoms with Crippen molar-refractivity contribution in [1.29, 1.82) is 0 Å². The summed E-state index contributed by atoms with van der Waals surface area (Å²) in [6, 6.07) is 15.9. The molecule has 0 aromatic heterocycles. The number of anilines is 1. The fourth-order valence-corrected chi connectivity index (χ4v) is 4.46. The standard InChI is InChI=1S/C24H22N2O4S2/c1-16(13-17-7-3-2-4-8-17)14-20-22(28)26(24(31)32-20)12-6-11-21(27)25-19-10-5-9-18(15-19)23(29)30/h2-5,7-10,13-15H,6,11-12H2,1H3,(H,25,27)(H,29,30)/b16-13+,20-14-. The second kappa shape index (κ2) is 10.9. The van der Waals surface area contributed by atoms with Crippen molar-refractivity contribution >= 4 is 57.8 Å². The second-order valence-corrected chi connectivity index (χ2v) is 8.85. The summed E-state index contributed by atoms with van der Waals surface area (Å²) in [5.74, 6) is -1.47. The maximum Gasteiger partial charge on any atom is 0.335 e. The Hall–Kier alpha value is -3.23. The van der Waals surface area contributed by atoms with Crippen molar-refractivity contribution in [2.75, 3.05) is 11.9 Å². The predicted molar refractivity (Wildman–Crippen MR) is 131 cm³/mol. The highest BCUT2D eigenvalue weighted by molar-refractivity contribution is 8.26. The summed E-state index contributed by atoms with van der Waals surface area (Å²) < 4.78 is 0.475. The van der Waals surface area contributed by atoms with Crippen molar-refractivity contribution in [2.24, 2.45) is 0 Å². The van der Waals surface area contributed by atoms with Gasteiger partial charge in [-0.3, -0.25) is 14.5 Å². The van der Waals surface area contributed by atoms with Crippen LogP contribution in [-0.4, -0.2) is 38.7 Å². The molecule has 2 aromatic rings. The molecule has 6 nitrogen and oxygen atoms in total. The fourth-order valence-electron chi connectivity index (χ4n) is 3.10. The zero-order chi connectivity index (χ0) is 23.1. The molecule has 1 fully saturated rings. The topological polar surface area (TPSA) is 86.7 Å². The monoisotopic (exact) mass is 466 g/mol. The number of thioether (sulfide) groups is 1. The van der Waals surface area contributed by atoms with Crippen LogP contribution in [0.4, 0.5) is 5.69 Å². The highest BCUT2D eigenvalue weighted by atomic mass is 32.2. The summed E-state index contributed by atoms with van der Waals surface area (Å²) in [6.45, 7) is 2.27. The molecule has 0 bridgehead atoms. The van der Waals surface area contributed by atoms with E-state index >= 15 is 0 Å². The number of carboxylic acids is 1. The maximum atomic E-state index is 12.7. The summed E-state index contributed by atoms with van der Waals surface area (Å²) >= 11 is 6.61. The van der Waals surface area contributed by atoms with E-state index in [-0.39, 0.29) is 23.8 Å². The highest BCUT2D eigenvalue weighted by Gasteiger charge is 2.31. The smallest absolute Gasteiger partial charge is 0.335 e. The number of carboxylic acid groups (broad SMARTS) is 1. The van der Waals surface area contributed by atoms with E-state index in [0.717, 1.165) is 11.1 Å². The summed E-state index contributed by atoms with van der Waals surface area (Å²) in [5, 5.41) is 11.7. The molecule has 0 radical (unpaired) electrons. The van der Waals surface area contributed by atoms with Gasteiger partial charge in [0, 0.05) is 18.7 Å². The van der Waals surface area contributed by atoms with E-state index in [0.29, 0.717) is 27.9 Å². The number of hydrogen-bond donors (Lipinski definition) is 2. The minimum Gasteiger partial charge on any atom is -0.478 e. The molecule has 2 amide bonds. The average molecular weight is 467 g/mol. The Morgan fingerprint density at radius 3 is 2.62 bits per heavy atom. The van der Waals surface area contributed by atoms with Crippen LogP contribution in [0.25, 0.3) is 6.08 Å². The average Bonchev–Trinajstić information content (AvgIpc) is 3.01. The molecule has 0 saturated carbocycles. The minimum atomic E-state index is -1.06. The van der Waals surface area contributed by atoms with E-state index in [4.69, 9.17) is 17.3 Å². The molecular weight excluding hydrogens is 444 g/mol. The Kier molecular flexibility index (Phi) is 7.97. The number of amides is 2. The summed E-state index contributed by atoms with van der Waals surface area (Å²) in [6.07, 6.45) is 4.44. The Bertz CT molecular complexity index is 1110. The van der Waals surface area contributed by atoms with Gasteiger partial charge in [-0.15, -0.1) is 0 Å². The number of carbonyl (C=O) groups excluding carboxylic acids is 2. The van der Waals surface area contributed by atoms with Gasteiger partial charge in [0.15, 0.2) is 0 Å². The molecule has 0 atom stereocenters. The lowest BCUT2D eigenvalue weighted by atomic mass is 10.1. The fraction of sp³-hybridized carbons (Fsp3) is 0.167. The number of hydrogen-bond acceptors (Lipinski definition) is 5. The molecule has 164 valence electrons. The van der Waals surface area contributed by atoms with Gasteiger partial charge in [-0.2, -0.15) is 0 Å². The van der Waals surface area contributed by atoms with Crippen LogP contribution in [0.1, 0.15) is 35.7 Å². The van der Waals surface area contributed by atoms with Crippen LogP contribution in [0.2, 0.25) is 0 Å². The van der Waals surface area contributed by atoms with E-state index in [9.17, 15) is 14.4 Å². The summed E-state index contributed by atoms with van der Waals surface area (Å²) in [5.41, 5.74) is 2.52. The highest BCUT2D eigenvalue weighted by Crippen LogP contribution is 2.32. The molecule has 0 aliphatic carbocycles. The Balaban J connectivity index is 1.53. The number of nitrogens with one attached hydrogen (secondary N) is 1. The molecule has 1 heterocycles. The molecule has 3 rings (SSSR count). The van der Waals surface area contributed by atoms with Gasteiger partial charge in [0.1, 0.15) is 4.32 Å². The lowest BCUT2D eigenvalue weighted by molar-refractivity contribution is -0.122. The lowest BCUT2D eigenvalue weighted by Crippen LogP contribution is -2.29. The Morgan fingerprint density at radius 1 is 1.16 bits per heavy atom. The molecule has 1 aliphatic heterocycles. The molecule has 1 aliphatic rings. The number of rotatable bonds is 8. The Morgan fingerprint density at radius 2 is 1.91 bits per heavy atom. The first kappa shape index (κ1) is 23.4. The van der Waals surface area contributed by atoms with E-state index < -0.39 is 5.97 Å². The zero-order valence-electron chi connectivity index (χ0n) is 17.4. The van der Waals surface area contributed by atoms with E-state index in [1.807, 2.05) is 49.4 Å². The molecular formula is C24H22N2O4S2. The van der Waals surface area contributed by atoms with Crippen LogP contribution in [0.15, 0.2) is 71.2 Å². The van der Waals surface area contributed by atoms with Crippen LogP contribution in [-0.2, 0) is 9.59 Å². The quantitative estimate of drug-likeness (QED) is 0.423. The molecule has 0 unspecified atom stereocenters. The van der Waals surface area contributed by atoms with Gasteiger partial charge in [-0.05, 0) is 48.8 Å². The molecule has 2 aromatic carbocycles. The third-order valence-electron chi connectivity index (χ3n) is 4.61. The van der Waals surface area contributed by atoms with Crippen molar-refractivity contribution in [3.63, 3.8) is 0 Å². The molecule has 32 heavy (non-hydrogen) atoms. The van der Waals surface area contributed by atoms with Gasteiger partial charge in [0.2, 0.25) is 5.91 Å². The first-order valence-corrected chi connectivity index (χ1v) is 11.2. The number of allylic oxidation sites excluding steroid dienone is 2. The van der Waals surface area contributed by atoms with Crippen LogP contribution in [0.3, 0.4) is 0 Å². The van der Waals surface area contributed by atoms with E-state index in [2.05, 4.69) is 5.32 Å². The normalized spacial score (nSPS) is 15.3. The number of aromatic carboxylic acids is 1. The molecule has 0 spiro atoms. The lowest BCUT2D eigenvalue weighted by Gasteiger charge is -2.14. The third kappa shape index (κ3) is 6.38. The van der Waals surface area contributed by atoms with E-state index in [1.54, 1.807) is 12.1 Å². The van der Waals surface area contributed by atoms with Gasteiger partial charge in [-0.25, -0.2) is 4.79 Å². The van der Waals surface area contributed by atoms with Crippen LogP contribution in [0, 0.1) is 0 Å². The molecule has 2 N–H and O–H groups in total. The van der Waals surface area contributed by atoms with Crippen molar-refractivity contribution < 1.29 is 19.5 Å². The predicted octanol–water partition coefficient (Wildman–Crippen LogP) is 4.95. The van der Waals surface area contributed by atoms with Gasteiger partial charge < -0.3 is 10.4 Å². The third-order valence-corrected chi connectivity index (χ3v) is 5.98. The zero-order valence-corrected chi connectivity index (χ0v) is 19.0. The first-order chi connectivity index (χ1) is 15.3. The Labute approximate surface area is 196 Å². The van der Waals surface area contributed by atoms with Gasteiger partial charge in [0.25, 0.3) is 5.91 Å². The minimum absolute atomic E-state index is 0.101. The number of thiocarbonyl (C=S) groups is 1. The number of nitrogens with zero attached hydrogens (tertiary/aromatic N) is 1. The van der Waals surface area contributed by atoms with Gasteiger partial charge in [0.05, 0.1) is 10.5 Å². The largest absolute Gasteiger partial charge is 0.478 e. The van der Waals surface area contributed by atoms with Crippen molar-refractivity contribution in [1.82, 2.24) is 4.90 Å². The van der Waals surface area contributed by atoms with Crippen molar-refractivity contribution in [3.8, 4) is 0 Å². The van der Waals surface area contributed by atoms with Crippen LogP contribution >= 0.6 is 24.0 Å². The SMILES string of the molecule is CC(/C=C1\SC(=S)N(CCCC(=O)Nc2cccc(C(=O)O)c2)C1=O)=C\c1ccccc1.